The van der Waals surface area contributed by atoms with Crippen molar-refractivity contribution in [2.45, 2.75) is 31.2 Å². The van der Waals surface area contributed by atoms with Crippen molar-refractivity contribution in [1.82, 2.24) is 25.4 Å². The number of ether oxygens (including phenoxy) is 1. The van der Waals surface area contributed by atoms with E-state index in [9.17, 15) is 35.9 Å². The molecule has 4 rings (SSSR count). The Morgan fingerprint density at radius 3 is 2.36 bits per heavy atom. The van der Waals surface area contributed by atoms with E-state index < -0.39 is 48.1 Å². The fraction of sp³-hybridized carbons (Fsp3) is 0.286. The third-order valence-corrected chi connectivity index (χ3v) is 6.04. The van der Waals surface area contributed by atoms with Gasteiger partial charge in [-0.1, -0.05) is 54.6 Å². The second-order valence-corrected chi connectivity index (χ2v) is 9.25. The Morgan fingerprint density at radius 1 is 1.00 bits per heavy atom. The van der Waals surface area contributed by atoms with Gasteiger partial charge in [0.25, 0.3) is 11.8 Å². The Balaban J connectivity index is 1.39. The average molecular weight is 594 g/mol. The van der Waals surface area contributed by atoms with E-state index in [1.807, 2.05) is 0 Å². The SMILES string of the molecule is O=C(NCCNC(=O)c1cn(C2C=CC=CC2)nc1C(F)(F)F)c1cnc(OCC(F)(F)F)c(Cc2ccccc2)c1. The molecular formula is C28H25F6N5O3. The van der Waals surface area contributed by atoms with Crippen molar-refractivity contribution in [2.24, 2.45) is 0 Å². The van der Waals surface area contributed by atoms with Crippen LogP contribution < -0.4 is 15.4 Å². The van der Waals surface area contributed by atoms with Crippen LogP contribution in [0.1, 0.15) is 50.0 Å². The fourth-order valence-corrected chi connectivity index (χ4v) is 4.09. The van der Waals surface area contributed by atoms with E-state index in [0.717, 1.165) is 22.6 Å². The van der Waals surface area contributed by atoms with E-state index in [1.165, 1.54) is 6.07 Å². The molecule has 2 N–H and O–H groups in total. The Labute approximate surface area is 236 Å². The molecular weight excluding hydrogens is 568 g/mol. The first-order valence-corrected chi connectivity index (χ1v) is 12.7. The van der Waals surface area contributed by atoms with Crippen molar-refractivity contribution in [3.63, 3.8) is 0 Å². The molecule has 3 aromatic rings. The van der Waals surface area contributed by atoms with E-state index in [2.05, 4.69) is 20.7 Å². The summed E-state index contributed by atoms with van der Waals surface area (Å²) >= 11 is 0. The summed E-state index contributed by atoms with van der Waals surface area (Å²) in [6, 6.07) is 9.64. The van der Waals surface area contributed by atoms with Crippen LogP contribution >= 0.6 is 0 Å². The monoisotopic (exact) mass is 593 g/mol. The highest BCUT2D eigenvalue weighted by Gasteiger charge is 2.39. The Bertz CT molecular complexity index is 1460. The number of carbonyl (C=O) groups is 2. The third-order valence-electron chi connectivity index (χ3n) is 6.04. The van der Waals surface area contributed by atoms with E-state index in [4.69, 9.17) is 4.74 Å². The molecule has 2 amide bonds. The average Bonchev–Trinajstić information content (AvgIpc) is 3.42. The zero-order valence-corrected chi connectivity index (χ0v) is 21.9. The first kappa shape index (κ1) is 30.3. The van der Waals surface area contributed by atoms with Crippen LogP contribution in [0.2, 0.25) is 0 Å². The molecule has 1 atom stereocenters. The summed E-state index contributed by atoms with van der Waals surface area (Å²) in [5, 5.41) is 8.43. The number of aromatic nitrogens is 3. The van der Waals surface area contributed by atoms with Crippen molar-refractivity contribution in [3.05, 3.63) is 101 Å². The molecule has 14 heteroatoms. The number of pyridine rings is 1. The van der Waals surface area contributed by atoms with Crippen molar-refractivity contribution < 1.29 is 40.7 Å². The van der Waals surface area contributed by atoms with Crippen molar-refractivity contribution in [1.29, 1.82) is 0 Å². The van der Waals surface area contributed by atoms with Gasteiger partial charge >= 0.3 is 12.4 Å². The molecule has 1 aliphatic carbocycles. The molecule has 42 heavy (non-hydrogen) atoms. The van der Waals surface area contributed by atoms with Gasteiger partial charge in [0.15, 0.2) is 12.3 Å². The van der Waals surface area contributed by atoms with Crippen LogP contribution in [0.5, 0.6) is 5.88 Å². The van der Waals surface area contributed by atoms with E-state index in [-0.39, 0.29) is 36.5 Å². The number of amides is 2. The zero-order valence-electron chi connectivity index (χ0n) is 21.9. The highest BCUT2D eigenvalue weighted by molar-refractivity contribution is 5.96. The topological polar surface area (TPSA) is 98.1 Å². The summed E-state index contributed by atoms with van der Waals surface area (Å²) in [6.07, 6.45) is 0.0553. The second kappa shape index (κ2) is 12.9. The minimum Gasteiger partial charge on any atom is -0.468 e. The number of rotatable bonds is 10. The number of benzene rings is 1. The van der Waals surface area contributed by atoms with E-state index in [1.54, 1.807) is 54.6 Å². The van der Waals surface area contributed by atoms with E-state index in [0.29, 0.717) is 6.42 Å². The highest BCUT2D eigenvalue weighted by Crippen LogP contribution is 2.32. The van der Waals surface area contributed by atoms with Crippen LogP contribution in [-0.4, -0.2) is 52.5 Å². The summed E-state index contributed by atoms with van der Waals surface area (Å²) in [4.78, 5) is 29.2. The number of alkyl halides is 6. The van der Waals surface area contributed by atoms with Gasteiger partial charge in [0, 0.05) is 37.5 Å². The number of nitrogens with zero attached hydrogens (tertiary/aromatic N) is 3. The molecule has 222 valence electrons. The Kier molecular flexibility index (Phi) is 9.33. The van der Waals surface area contributed by atoms with E-state index >= 15 is 0 Å². The number of hydrogen-bond donors (Lipinski definition) is 2. The van der Waals surface area contributed by atoms with Gasteiger partial charge in [0.05, 0.1) is 17.2 Å². The smallest absolute Gasteiger partial charge is 0.435 e. The van der Waals surface area contributed by atoms with Gasteiger partial charge in [-0.2, -0.15) is 31.4 Å². The molecule has 1 aliphatic rings. The molecule has 1 aromatic carbocycles. The van der Waals surface area contributed by atoms with Crippen LogP contribution in [0.3, 0.4) is 0 Å². The molecule has 1 unspecified atom stereocenters. The molecule has 0 radical (unpaired) electrons. The molecule has 0 fully saturated rings. The normalized spacial score (nSPS) is 15.0. The highest BCUT2D eigenvalue weighted by atomic mass is 19.4. The van der Waals surface area contributed by atoms with Gasteiger partial charge < -0.3 is 15.4 Å². The quantitative estimate of drug-likeness (QED) is 0.254. The Hall–Kier alpha value is -4.62. The number of nitrogens with one attached hydrogen (secondary N) is 2. The van der Waals surface area contributed by atoms with Crippen LogP contribution in [-0.2, 0) is 12.6 Å². The molecule has 0 saturated carbocycles. The van der Waals surface area contributed by atoms with Crippen molar-refractivity contribution in [2.75, 3.05) is 19.7 Å². The number of allylic oxidation sites excluding steroid dienone is 4. The van der Waals surface area contributed by atoms with Crippen LogP contribution in [0.25, 0.3) is 0 Å². The van der Waals surface area contributed by atoms with Crippen LogP contribution in [0, 0.1) is 0 Å². The van der Waals surface area contributed by atoms with Gasteiger partial charge in [0.1, 0.15) is 0 Å². The molecule has 0 saturated heterocycles. The lowest BCUT2D eigenvalue weighted by atomic mass is 10.0. The summed E-state index contributed by atoms with van der Waals surface area (Å²) < 4.78 is 84.7. The van der Waals surface area contributed by atoms with Gasteiger partial charge in [-0.25, -0.2) is 4.98 Å². The minimum absolute atomic E-state index is 0.0156. The molecule has 0 spiro atoms. The lowest BCUT2D eigenvalue weighted by Gasteiger charge is -2.14. The largest absolute Gasteiger partial charge is 0.468 e. The number of halogens is 6. The molecule has 0 bridgehead atoms. The molecule has 8 nitrogen and oxygen atoms in total. The lowest BCUT2D eigenvalue weighted by molar-refractivity contribution is -0.154. The lowest BCUT2D eigenvalue weighted by Crippen LogP contribution is -2.35. The predicted octanol–water partition coefficient (Wildman–Crippen LogP) is 5.05. The molecule has 0 aliphatic heterocycles. The maximum Gasteiger partial charge on any atom is 0.435 e. The van der Waals surface area contributed by atoms with Crippen LogP contribution in [0.4, 0.5) is 26.3 Å². The van der Waals surface area contributed by atoms with Crippen LogP contribution in [0.15, 0.2) is 73.1 Å². The Morgan fingerprint density at radius 2 is 1.71 bits per heavy atom. The first-order valence-electron chi connectivity index (χ1n) is 12.7. The van der Waals surface area contributed by atoms with Gasteiger partial charge in [-0.15, -0.1) is 0 Å². The maximum absolute atomic E-state index is 13.6. The van der Waals surface area contributed by atoms with Gasteiger partial charge in [-0.3, -0.25) is 14.3 Å². The fourth-order valence-electron chi connectivity index (χ4n) is 4.09. The van der Waals surface area contributed by atoms with Gasteiger partial charge in [0.2, 0.25) is 5.88 Å². The van der Waals surface area contributed by atoms with Crippen molar-refractivity contribution in [3.8, 4) is 5.88 Å². The summed E-state index contributed by atoms with van der Waals surface area (Å²) in [5.41, 5.74) is -0.972. The third kappa shape index (κ3) is 8.21. The first-order chi connectivity index (χ1) is 19.9. The zero-order chi connectivity index (χ0) is 30.3. The number of carbonyl (C=O) groups excluding carboxylic acids is 2. The minimum atomic E-state index is -4.86. The maximum atomic E-state index is 13.6. The standard InChI is InChI=1S/C28H25F6N5O3/c29-27(30,31)17-42-26-19(13-18-7-3-1-4-8-18)14-20(15-37-26)24(40)35-11-12-36-25(41)22-16-39(21-9-5-2-6-10-21)38-23(22)28(32,33)34/h1-9,14-16,21H,10-13,17H2,(H,35,40)(H,36,41). The number of hydrogen-bond acceptors (Lipinski definition) is 5. The second-order valence-electron chi connectivity index (χ2n) is 9.25. The summed E-state index contributed by atoms with van der Waals surface area (Å²) in [7, 11) is 0. The summed E-state index contributed by atoms with van der Waals surface area (Å²) in [5.74, 6) is -1.95. The predicted molar refractivity (Wildman–Crippen MR) is 139 cm³/mol. The molecule has 2 heterocycles. The molecule has 2 aromatic heterocycles. The summed E-state index contributed by atoms with van der Waals surface area (Å²) in [6.45, 7) is -1.93. The van der Waals surface area contributed by atoms with Crippen molar-refractivity contribution >= 4 is 11.8 Å². The van der Waals surface area contributed by atoms with Gasteiger partial charge in [-0.05, 0) is 18.1 Å².